The molecule has 1 atom stereocenters. The zero-order chi connectivity index (χ0) is 25.4. The minimum atomic E-state index is -0.887. The van der Waals surface area contributed by atoms with Crippen molar-refractivity contribution in [3.63, 3.8) is 0 Å². The fourth-order valence-electron chi connectivity index (χ4n) is 5.13. The van der Waals surface area contributed by atoms with Crippen molar-refractivity contribution in [1.82, 2.24) is 0 Å². The van der Waals surface area contributed by atoms with E-state index >= 15 is 0 Å². The Bertz CT molecular complexity index is 1330. The lowest BCUT2D eigenvalue weighted by atomic mass is 9.98. The Morgan fingerprint density at radius 3 is 2.25 bits per heavy atom. The molecule has 1 aromatic heterocycles. The van der Waals surface area contributed by atoms with Gasteiger partial charge in [0, 0.05) is 30.0 Å². The van der Waals surface area contributed by atoms with Gasteiger partial charge in [0.2, 0.25) is 0 Å². The molecule has 1 unspecified atom stereocenters. The summed E-state index contributed by atoms with van der Waals surface area (Å²) in [4.78, 5) is 30.4. The van der Waals surface area contributed by atoms with Crippen molar-refractivity contribution in [2.45, 2.75) is 39.2 Å². The molecular formula is C29H30N2O5. The molecule has 3 aromatic rings. The molecule has 0 aliphatic carbocycles. The van der Waals surface area contributed by atoms with E-state index in [2.05, 4.69) is 4.90 Å². The zero-order valence-electron chi connectivity index (χ0n) is 20.8. The number of anilines is 2. The van der Waals surface area contributed by atoms with Crippen LogP contribution in [0.15, 0.2) is 64.6 Å². The monoisotopic (exact) mass is 486 g/mol. The number of rotatable bonds is 5. The summed E-state index contributed by atoms with van der Waals surface area (Å²) in [5.74, 6) is 0.0335. The van der Waals surface area contributed by atoms with Crippen molar-refractivity contribution in [1.29, 1.82) is 0 Å². The van der Waals surface area contributed by atoms with E-state index < -0.39 is 17.7 Å². The summed E-state index contributed by atoms with van der Waals surface area (Å²) >= 11 is 0. The molecule has 0 saturated carbocycles. The Morgan fingerprint density at radius 2 is 1.64 bits per heavy atom. The highest BCUT2D eigenvalue weighted by atomic mass is 16.5. The number of aliphatic hydroxyl groups is 1. The van der Waals surface area contributed by atoms with E-state index in [0.717, 1.165) is 24.3 Å². The first kappa shape index (κ1) is 23.7. The molecule has 1 N–H and O–H groups in total. The number of nitrogens with zero attached hydrogens (tertiary/aromatic N) is 2. The number of Topliss-reactive ketones (excluding diaryl/α,β-unsaturated/α-hetero) is 1. The van der Waals surface area contributed by atoms with Crippen LogP contribution in [0.5, 0.6) is 5.75 Å². The smallest absolute Gasteiger partial charge is 0.300 e. The summed E-state index contributed by atoms with van der Waals surface area (Å²) in [6.07, 6.45) is 3.58. The molecule has 5 rings (SSSR count). The van der Waals surface area contributed by atoms with Gasteiger partial charge in [-0.05, 0) is 93.3 Å². The first-order valence-electron chi connectivity index (χ1n) is 12.3. The minimum absolute atomic E-state index is 0.000904. The molecule has 186 valence electrons. The molecule has 2 fully saturated rings. The van der Waals surface area contributed by atoms with Crippen molar-refractivity contribution in [2.24, 2.45) is 0 Å². The number of aryl methyl sites for hydroxylation is 2. The van der Waals surface area contributed by atoms with E-state index in [1.54, 1.807) is 44.4 Å². The van der Waals surface area contributed by atoms with Crippen molar-refractivity contribution in [3.8, 4) is 5.75 Å². The zero-order valence-corrected chi connectivity index (χ0v) is 20.8. The van der Waals surface area contributed by atoms with Crippen LogP contribution in [0.1, 0.15) is 48.0 Å². The summed E-state index contributed by atoms with van der Waals surface area (Å²) in [5, 5.41) is 11.3. The second-order valence-corrected chi connectivity index (χ2v) is 9.37. The van der Waals surface area contributed by atoms with Crippen molar-refractivity contribution in [3.05, 3.63) is 82.8 Å². The maximum Gasteiger partial charge on any atom is 0.300 e. The van der Waals surface area contributed by atoms with Gasteiger partial charge in [0.1, 0.15) is 29.1 Å². The highest BCUT2D eigenvalue weighted by Gasteiger charge is 2.48. The number of aliphatic hydroxyl groups excluding tert-OH is 1. The Kier molecular flexibility index (Phi) is 6.31. The average molecular weight is 487 g/mol. The quantitative estimate of drug-likeness (QED) is 0.290. The number of carbonyl (C=O) groups excluding carboxylic acids is 2. The van der Waals surface area contributed by atoms with Crippen LogP contribution in [0.4, 0.5) is 11.4 Å². The lowest BCUT2D eigenvalue weighted by Gasteiger charge is -2.29. The van der Waals surface area contributed by atoms with Crippen molar-refractivity contribution in [2.75, 3.05) is 30.0 Å². The van der Waals surface area contributed by atoms with Crippen LogP contribution in [0.2, 0.25) is 0 Å². The molecule has 2 saturated heterocycles. The number of carbonyl (C=O) groups is 2. The van der Waals surface area contributed by atoms with Crippen LogP contribution in [0.25, 0.3) is 5.76 Å². The van der Waals surface area contributed by atoms with Gasteiger partial charge in [0.05, 0.1) is 12.7 Å². The largest absolute Gasteiger partial charge is 0.507 e. The van der Waals surface area contributed by atoms with Crippen molar-refractivity contribution >= 4 is 28.8 Å². The third kappa shape index (κ3) is 4.15. The van der Waals surface area contributed by atoms with Gasteiger partial charge in [-0.1, -0.05) is 0 Å². The molecule has 2 aromatic carbocycles. The number of furan rings is 1. The van der Waals surface area contributed by atoms with Crippen LogP contribution >= 0.6 is 0 Å². The lowest BCUT2D eigenvalue weighted by Crippen LogP contribution is -2.30. The van der Waals surface area contributed by atoms with Crippen LogP contribution in [0.3, 0.4) is 0 Å². The Morgan fingerprint density at radius 1 is 0.944 bits per heavy atom. The molecule has 2 aliphatic rings. The second-order valence-electron chi connectivity index (χ2n) is 9.37. The van der Waals surface area contributed by atoms with Gasteiger partial charge in [-0.3, -0.25) is 14.5 Å². The topological polar surface area (TPSA) is 83.2 Å². The van der Waals surface area contributed by atoms with E-state index in [0.29, 0.717) is 28.5 Å². The predicted molar refractivity (Wildman–Crippen MR) is 138 cm³/mol. The third-order valence-electron chi connectivity index (χ3n) is 6.99. The number of ether oxygens (including phenoxy) is 1. The normalized spacial score (nSPS) is 19.7. The first-order chi connectivity index (χ1) is 17.4. The van der Waals surface area contributed by atoms with E-state index in [9.17, 15) is 14.7 Å². The fourth-order valence-corrected chi connectivity index (χ4v) is 5.13. The number of ketones is 1. The Labute approximate surface area is 210 Å². The molecule has 0 spiro atoms. The second kappa shape index (κ2) is 9.57. The molecule has 3 heterocycles. The maximum absolute atomic E-state index is 13.4. The maximum atomic E-state index is 13.4. The van der Waals surface area contributed by atoms with E-state index in [1.807, 2.05) is 31.2 Å². The number of amides is 1. The molecule has 0 bridgehead atoms. The average Bonchev–Trinajstić information content (AvgIpc) is 3.44. The van der Waals surface area contributed by atoms with E-state index in [1.165, 1.54) is 24.2 Å². The van der Waals surface area contributed by atoms with Gasteiger partial charge in [-0.15, -0.1) is 0 Å². The van der Waals surface area contributed by atoms with Gasteiger partial charge < -0.3 is 19.2 Å². The van der Waals surface area contributed by atoms with Gasteiger partial charge in [-0.25, -0.2) is 0 Å². The van der Waals surface area contributed by atoms with Crippen LogP contribution in [-0.2, 0) is 9.59 Å². The summed E-state index contributed by atoms with van der Waals surface area (Å²) in [5.41, 5.74) is 2.89. The number of hydrogen-bond donors (Lipinski definition) is 1. The summed E-state index contributed by atoms with van der Waals surface area (Å²) in [7, 11) is 1.57. The molecule has 2 aliphatic heterocycles. The van der Waals surface area contributed by atoms with Crippen LogP contribution in [-0.4, -0.2) is 37.0 Å². The Balaban J connectivity index is 1.59. The van der Waals surface area contributed by atoms with Gasteiger partial charge in [-0.2, -0.15) is 0 Å². The minimum Gasteiger partial charge on any atom is -0.507 e. The van der Waals surface area contributed by atoms with Crippen molar-refractivity contribution < 1.29 is 23.8 Å². The van der Waals surface area contributed by atoms with Crippen LogP contribution in [0, 0.1) is 13.8 Å². The van der Waals surface area contributed by atoms with Gasteiger partial charge >= 0.3 is 0 Å². The van der Waals surface area contributed by atoms with Gasteiger partial charge in [0.15, 0.2) is 0 Å². The molecule has 0 radical (unpaired) electrons. The van der Waals surface area contributed by atoms with E-state index in [4.69, 9.17) is 9.15 Å². The lowest BCUT2D eigenvalue weighted by molar-refractivity contribution is -0.132. The summed E-state index contributed by atoms with van der Waals surface area (Å²) < 4.78 is 11.2. The summed E-state index contributed by atoms with van der Waals surface area (Å²) in [6.45, 7) is 5.68. The summed E-state index contributed by atoms with van der Waals surface area (Å²) in [6, 6.07) is 15.5. The van der Waals surface area contributed by atoms with E-state index in [-0.39, 0.29) is 11.3 Å². The molecule has 7 nitrogen and oxygen atoms in total. The number of hydrogen-bond acceptors (Lipinski definition) is 6. The van der Waals surface area contributed by atoms with Crippen LogP contribution < -0.4 is 14.5 Å². The number of piperidine rings is 1. The number of methoxy groups -OCH3 is 1. The standard InChI is InChI=1S/C29H30N2O5/c1-18-17-20(8-14-23(18)35-3)27(32)25-26(24-13-7-19(2)36-24)31(29(34)28(25)33)22-11-9-21(10-12-22)30-15-5-4-6-16-30/h7-14,17,26,32H,4-6,15-16H2,1-3H3/b27-25-. The SMILES string of the molecule is COc1ccc(/C(O)=C2/C(=O)C(=O)N(c3ccc(N4CCCCC4)cc3)C2c2ccc(C)o2)cc1C. The fraction of sp³-hybridized carbons (Fsp3) is 0.310. The molecule has 36 heavy (non-hydrogen) atoms. The van der Waals surface area contributed by atoms with Gasteiger partial charge in [0.25, 0.3) is 11.7 Å². The molecular weight excluding hydrogens is 456 g/mol. The molecule has 1 amide bonds. The Hall–Kier alpha value is -4.00. The number of benzene rings is 2. The predicted octanol–water partition coefficient (Wildman–Crippen LogP) is 5.52. The third-order valence-corrected chi connectivity index (χ3v) is 6.99. The first-order valence-corrected chi connectivity index (χ1v) is 12.3. The highest BCUT2D eigenvalue weighted by molar-refractivity contribution is 6.51. The highest BCUT2D eigenvalue weighted by Crippen LogP contribution is 2.43. The molecule has 7 heteroatoms.